The van der Waals surface area contributed by atoms with Crippen molar-refractivity contribution >= 4 is 38.9 Å². The first-order valence-electron chi connectivity index (χ1n) is 9.04. The van der Waals surface area contributed by atoms with E-state index in [1.807, 2.05) is 0 Å². The molecule has 3 rings (SSSR count). The molecule has 0 bridgehead atoms. The molecule has 0 radical (unpaired) electrons. The number of anilines is 1. The molecule has 2 aliphatic heterocycles. The number of hydrogen-bond donors (Lipinski definition) is 0. The lowest BCUT2D eigenvalue weighted by atomic mass is 10.1. The van der Waals surface area contributed by atoms with E-state index in [1.165, 1.54) is 6.26 Å². The van der Waals surface area contributed by atoms with Crippen molar-refractivity contribution in [2.24, 2.45) is 0 Å². The van der Waals surface area contributed by atoms with Crippen LogP contribution in [0.1, 0.15) is 23.2 Å². The van der Waals surface area contributed by atoms with Gasteiger partial charge in [0.05, 0.1) is 17.0 Å². The predicted octanol–water partition coefficient (Wildman–Crippen LogP) is 1.27. The molecule has 1 aromatic carbocycles. The molecule has 0 atom stereocenters. The summed E-state index contributed by atoms with van der Waals surface area (Å²) in [6.07, 6.45) is 2.49. The smallest absolute Gasteiger partial charge is 0.256 e. The minimum atomic E-state index is -2.99. The summed E-state index contributed by atoms with van der Waals surface area (Å²) in [4.78, 5) is 30.6. The van der Waals surface area contributed by atoms with E-state index >= 15 is 0 Å². The average Bonchev–Trinajstić information content (AvgIpc) is 3.05. The zero-order valence-electron chi connectivity index (χ0n) is 15.4. The second-order valence-electron chi connectivity index (χ2n) is 7.07. The molecular formula is C18H24ClN3O4S. The van der Waals surface area contributed by atoms with E-state index in [-0.39, 0.29) is 17.6 Å². The summed E-state index contributed by atoms with van der Waals surface area (Å²) < 4.78 is 22.6. The zero-order chi connectivity index (χ0) is 19.6. The highest BCUT2D eigenvalue weighted by Crippen LogP contribution is 2.29. The normalized spacial score (nSPS) is 19.0. The molecule has 0 saturated carbocycles. The predicted molar refractivity (Wildman–Crippen MR) is 105 cm³/mol. The van der Waals surface area contributed by atoms with Crippen LogP contribution in [0.15, 0.2) is 18.2 Å². The lowest BCUT2D eigenvalue weighted by molar-refractivity contribution is -0.117. The number of carbonyl (C=O) groups excluding carboxylic acids is 2. The minimum absolute atomic E-state index is 0.0110. The third kappa shape index (κ3) is 5.00. The Labute approximate surface area is 164 Å². The number of carbonyl (C=O) groups is 2. The minimum Gasteiger partial charge on any atom is -0.336 e. The van der Waals surface area contributed by atoms with E-state index < -0.39 is 9.84 Å². The van der Waals surface area contributed by atoms with Gasteiger partial charge in [0.2, 0.25) is 5.91 Å². The zero-order valence-corrected chi connectivity index (χ0v) is 16.9. The van der Waals surface area contributed by atoms with Gasteiger partial charge in [-0.3, -0.25) is 14.5 Å². The third-order valence-corrected chi connectivity index (χ3v) is 6.15. The third-order valence-electron chi connectivity index (χ3n) is 4.99. The quantitative estimate of drug-likeness (QED) is 0.726. The van der Waals surface area contributed by atoms with Crippen LogP contribution in [0.4, 0.5) is 5.69 Å². The highest BCUT2D eigenvalue weighted by molar-refractivity contribution is 7.90. The van der Waals surface area contributed by atoms with E-state index in [0.29, 0.717) is 62.0 Å². The van der Waals surface area contributed by atoms with Gasteiger partial charge in [-0.2, -0.15) is 0 Å². The van der Waals surface area contributed by atoms with Gasteiger partial charge >= 0.3 is 0 Å². The van der Waals surface area contributed by atoms with Crippen molar-refractivity contribution in [2.75, 3.05) is 56.2 Å². The lowest BCUT2D eigenvalue weighted by Gasteiger charge is -2.35. The van der Waals surface area contributed by atoms with Crippen molar-refractivity contribution in [3.05, 3.63) is 28.8 Å². The van der Waals surface area contributed by atoms with Gasteiger partial charge in [0.25, 0.3) is 5.91 Å². The molecule has 1 aromatic rings. The van der Waals surface area contributed by atoms with E-state index in [4.69, 9.17) is 11.6 Å². The molecule has 7 nitrogen and oxygen atoms in total. The molecule has 0 spiro atoms. The molecular weight excluding hydrogens is 390 g/mol. The first-order chi connectivity index (χ1) is 12.7. The van der Waals surface area contributed by atoms with Crippen LogP contribution >= 0.6 is 11.6 Å². The van der Waals surface area contributed by atoms with Gasteiger partial charge < -0.3 is 9.80 Å². The van der Waals surface area contributed by atoms with Crippen molar-refractivity contribution in [3.8, 4) is 0 Å². The van der Waals surface area contributed by atoms with Crippen LogP contribution in [0.3, 0.4) is 0 Å². The maximum Gasteiger partial charge on any atom is 0.256 e. The second kappa shape index (κ2) is 8.16. The summed E-state index contributed by atoms with van der Waals surface area (Å²) in [5.41, 5.74) is 1.06. The van der Waals surface area contributed by atoms with Crippen molar-refractivity contribution in [2.45, 2.75) is 12.8 Å². The first-order valence-corrected chi connectivity index (χ1v) is 11.5. The fourth-order valence-electron chi connectivity index (χ4n) is 3.45. The van der Waals surface area contributed by atoms with Crippen LogP contribution in [0.2, 0.25) is 5.02 Å². The van der Waals surface area contributed by atoms with Crippen molar-refractivity contribution in [1.29, 1.82) is 0 Å². The SMILES string of the molecule is CS(=O)(=O)CCN1CCN(C(=O)c2ccc(Cl)cc2N2CCCC2=O)CC1. The lowest BCUT2D eigenvalue weighted by Crippen LogP contribution is -2.49. The molecule has 148 valence electrons. The number of rotatable bonds is 5. The van der Waals surface area contributed by atoms with Gasteiger partial charge in [-0.1, -0.05) is 11.6 Å². The molecule has 9 heteroatoms. The topological polar surface area (TPSA) is 78.0 Å². The maximum absolute atomic E-state index is 13.0. The summed E-state index contributed by atoms with van der Waals surface area (Å²) in [5.74, 6) is 0.0142. The van der Waals surface area contributed by atoms with Crippen LogP contribution in [0.25, 0.3) is 0 Å². The monoisotopic (exact) mass is 413 g/mol. The maximum atomic E-state index is 13.0. The van der Waals surface area contributed by atoms with Crippen LogP contribution < -0.4 is 4.90 Å². The van der Waals surface area contributed by atoms with Crippen LogP contribution in [-0.2, 0) is 14.6 Å². The summed E-state index contributed by atoms with van der Waals surface area (Å²) in [5, 5.41) is 0.492. The van der Waals surface area contributed by atoms with Crippen molar-refractivity contribution < 1.29 is 18.0 Å². The molecule has 2 fully saturated rings. The highest BCUT2D eigenvalue weighted by atomic mass is 35.5. The van der Waals surface area contributed by atoms with Gasteiger partial charge in [-0.25, -0.2) is 8.42 Å². The number of sulfone groups is 1. The van der Waals surface area contributed by atoms with Gasteiger partial charge in [-0.15, -0.1) is 0 Å². The highest BCUT2D eigenvalue weighted by Gasteiger charge is 2.29. The summed E-state index contributed by atoms with van der Waals surface area (Å²) in [7, 11) is -2.99. The second-order valence-corrected chi connectivity index (χ2v) is 9.77. The fraction of sp³-hybridized carbons (Fsp3) is 0.556. The number of hydrogen-bond acceptors (Lipinski definition) is 5. The number of benzene rings is 1. The van der Waals surface area contributed by atoms with Gasteiger partial charge in [0.15, 0.2) is 0 Å². The average molecular weight is 414 g/mol. The van der Waals surface area contributed by atoms with Gasteiger partial charge in [-0.05, 0) is 24.6 Å². The molecule has 2 amide bonds. The Bertz CT molecular complexity index is 835. The standard InChI is InChI=1S/C18H24ClN3O4S/c1-27(25,26)12-11-20-7-9-21(10-8-20)18(24)15-5-4-14(19)13-16(15)22-6-2-3-17(22)23/h4-5,13H,2-3,6-12H2,1H3. The Morgan fingerprint density at radius 1 is 1.15 bits per heavy atom. The van der Waals surface area contributed by atoms with Crippen molar-refractivity contribution in [1.82, 2.24) is 9.80 Å². The fourth-order valence-corrected chi connectivity index (χ4v) is 4.21. The van der Waals surface area contributed by atoms with Crippen LogP contribution in [0, 0.1) is 0 Å². The number of nitrogens with zero attached hydrogens (tertiary/aromatic N) is 3. The first kappa shape index (κ1) is 20.1. The van der Waals surface area contributed by atoms with Gasteiger partial charge in [0.1, 0.15) is 9.84 Å². The van der Waals surface area contributed by atoms with E-state index in [1.54, 1.807) is 28.0 Å². The van der Waals surface area contributed by atoms with E-state index in [9.17, 15) is 18.0 Å². The Balaban J connectivity index is 1.69. The summed E-state index contributed by atoms with van der Waals surface area (Å²) >= 11 is 6.11. The number of piperazine rings is 1. The Kier molecular flexibility index (Phi) is 6.08. The van der Waals surface area contributed by atoms with E-state index in [2.05, 4.69) is 4.90 Å². The van der Waals surface area contributed by atoms with Crippen LogP contribution in [0.5, 0.6) is 0 Å². The molecule has 0 N–H and O–H groups in total. The van der Waals surface area contributed by atoms with Gasteiger partial charge in [0, 0.05) is 57.0 Å². The Morgan fingerprint density at radius 2 is 1.85 bits per heavy atom. The molecule has 2 saturated heterocycles. The molecule has 0 unspecified atom stereocenters. The van der Waals surface area contributed by atoms with Crippen LogP contribution in [-0.4, -0.2) is 81.3 Å². The van der Waals surface area contributed by atoms with E-state index in [0.717, 1.165) is 6.42 Å². The Hall–Kier alpha value is -1.64. The molecule has 2 aliphatic rings. The number of halogens is 1. The molecule has 0 aliphatic carbocycles. The summed E-state index contributed by atoms with van der Waals surface area (Å²) in [6.45, 7) is 3.39. The number of amides is 2. The Morgan fingerprint density at radius 3 is 2.44 bits per heavy atom. The molecule has 27 heavy (non-hydrogen) atoms. The van der Waals surface area contributed by atoms with Crippen molar-refractivity contribution in [3.63, 3.8) is 0 Å². The largest absolute Gasteiger partial charge is 0.336 e. The molecule has 2 heterocycles. The molecule has 0 aromatic heterocycles. The summed E-state index contributed by atoms with van der Waals surface area (Å²) in [6, 6.07) is 5.03.